The highest BCUT2D eigenvalue weighted by Gasteiger charge is 2.26. The van der Waals surface area contributed by atoms with E-state index in [0.717, 1.165) is 28.8 Å². The van der Waals surface area contributed by atoms with Crippen LogP contribution >= 0.6 is 11.6 Å². The minimum Gasteiger partial charge on any atom is -0.402 e. The Bertz CT molecular complexity index is 919. The largest absolute Gasteiger partial charge is 0.402 e. The van der Waals surface area contributed by atoms with Gasteiger partial charge in [0, 0.05) is 0 Å². The molecule has 0 aliphatic carbocycles. The predicted molar refractivity (Wildman–Crippen MR) is 87.9 cm³/mol. The van der Waals surface area contributed by atoms with Gasteiger partial charge in [-0.1, -0.05) is 35.4 Å². The lowest BCUT2D eigenvalue weighted by Gasteiger charge is -2.03. The van der Waals surface area contributed by atoms with Crippen LogP contribution in [0, 0.1) is 25.5 Å². The second kappa shape index (κ2) is 6.17. The topological polar surface area (TPSA) is 38.7 Å². The Kier molecular flexibility index (Phi) is 4.20. The number of esters is 1. The maximum Gasteiger partial charge on any atom is 0.363 e. The molecule has 0 saturated carbocycles. The van der Waals surface area contributed by atoms with Crippen molar-refractivity contribution < 1.29 is 18.3 Å². The molecule has 0 saturated heterocycles. The Morgan fingerprint density at radius 3 is 2.58 bits per heavy atom. The molecule has 2 aromatic carbocycles. The van der Waals surface area contributed by atoms with Gasteiger partial charge >= 0.3 is 5.97 Å². The van der Waals surface area contributed by atoms with Crippen LogP contribution in [0.5, 0.6) is 0 Å². The summed E-state index contributed by atoms with van der Waals surface area (Å²) < 4.78 is 31.6. The molecule has 0 atom stereocenters. The van der Waals surface area contributed by atoms with Crippen LogP contribution in [0.2, 0.25) is 5.02 Å². The smallest absolute Gasteiger partial charge is 0.363 e. The zero-order valence-corrected chi connectivity index (χ0v) is 13.6. The highest BCUT2D eigenvalue weighted by molar-refractivity contribution is 6.34. The fraction of sp³-hybridized carbons (Fsp3) is 0.111. The molecule has 0 aromatic heterocycles. The van der Waals surface area contributed by atoms with Gasteiger partial charge < -0.3 is 4.74 Å². The fourth-order valence-electron chi connectivity index (χ4n) is 2.27. The quantitative estimate of drug-likeness (QED) is 0.453. The van der Waals surface area contributed by atoms with Crippen molar-refractivity contribution in [3.8, 4) is 0 Å². The molecule has 1 heterocycles. The summed E-state index contributed by atoms with van der Waals surface area (Å²) in [4.78, 5) is 16.1. The van der Waals surface area contributed by atoms with Crippen molar-refractivity contribution in [1.29, 1.82) is 0 Å². The zero-order valence-electron chi connectivity index (χ0n) is 12.9. The summed E-state index contributed by atoms with van der Waals surface area (Å²) in [5.74, 6) is -3.01. The van der Waals surface area contributed by atoms with Crippen LogP contribution < -0.4 is 0 Å². The normalized spacial score (nSPS) is 15.6. The summed E-state index contributed by atoms with van der Waals surface area (Å²) in [6, 6.07) is 7.46. The molecule has 3 rings (SSSR count). The average Bonchev–Trinajstić information content (AvgIpc) is 2.87. The van der Waals surface area contributed by atoms with Crippen LogP contribution in [-0.4, -0.2) is 11.9 Å². The van der Waals surface area contributed by atoms with Crippen molar-refractivity contribution >= 4 is 29.5 Å². The maximum absolute atomic E-state index is 13.4. The number of benzene rings is 2. The Morgan fingerprint density at radius 1 is 1.12 bits per heavy atom. The van der Waals surface area contributed by atoms with Crippen molar-refractivity contribution in [2.75, 3.05) is 0 Å². The summed E-state index contributed by atoms with van der Waals surface area (Å²) >= 11 is 5.88. The van der Waals surface area contributed by atoms with E-state index in [-0.39, 0.29) is 22.2 Å². The summed E-state index contributed by atoms with van der Waals surface area (Å²) in [6.45, 7) is 3.84. The highest BCUT2D eigenvalue weighted by Crippen LogP contribution is 2.26. The third-order valence-electron chi connectivity index (χ3n) is 3.59. The van der Waals surface area contributed by atoms with E-state index in [1.54, 1.807) is 6.08 Å². The molecule has 0 N–H and O–H groups in total. The molecule has 0 unspecified atom stereocenters. The van der Waals surface area contributed by atoms with Gasteiger partial charge in [0.15, 0.2) is 17.3 Å². The van der Waals surface area contributed by atoms with Crippen LogP contribution in [0.15, 0.2) is 41.0 Å². The number of hydrogen-bond acceptors (Lipinski definition) is 3. The van der Waals surface area contributed by atoms with Gasteiger partial charge in [-0.2, -0.15) is 0 Å². The summed E-state index contributed by atoms with van der Waals surface area (Å²) in [5, 5.41) is -0.0894. The van der Waals surface area contributed by atoms with E-state index in [0.29, 0.717) is 0 Å². The molecule has 6 heteroatoms. The summed E-state index contributed by atoms with van der Waals surface area (Å²) in [5.41, 5.74) is 2.91. The van der Waals surface area contributed by atoms with Crippen LogP contribution in [-0.2, 0) is 9.53 Å². The Hall–Kier alpha value is -2.53. The molecular weight excluding hydrogens is 336 g/mol. The first-order valence-corrected chi connectivity index (χ1v) is 7.47. The molecule has 0 bridgehead atoms. The molecule has 2 aromatic rings. The predicted octanol–water partition coefficient (Wildman–Crippen LogP) is 4.58. The number of aryl methyl sites for hydroxylation is 2. The van der Waals surface area contributed by atoms with Gasteiger partial charge in [-0.05, 0) is 43.2 Å². The molecule has 0 radical (unpaired) electrons. The van der Waals surface area contributed by atoms with Gasteiger partial charge in [0.25, 0.3) is 0 Å². The molecule has 3 nitrogen and oxygen atoms in total. The van der Waals surface area contributed by atoms with Gasteiger partial charge in [0.05, 0.1) is 10.6 Å². The highest BCUT2D eigenvalue weighted by atomic mass is 35.5. The molecule has 0 spiro atoms. The van der Waals surface area contributed by atoms with Crippen LogP contribution in [0.25, 0.3) is 6.08 Å². The lowest BCUT2D eigenvalue weighted by atomic mass is 10.0. The Morgan fingerprint density at radius 2 is 1.83 bits per heavy atom. The number of carbonyl (C=O) groups is 1. The number of nitrogens with zero attached hydrogens (tertiary/aromatic N) is 1. The molecular formula is C18H12ClF2NO2. The molecule has 0 fully saturated rings. The zero-order chi connectivity index (χ0) is 17.4. The minimum atomic E-state index is -1.10. The van der Waals surface area contributed by atoms with E-state index in [2.05, 4.69) is 4.99 Å². The van der Waals surface area contributed by atoms with Gasteiger partial charge in [-0.15, -0.1) is 0 Å². The minimum absolute atomic E-state index is 0.0216. The van der Waals surface area contributed by atoms with Crippen molar-refractivity contribution in [2.45, 2.75) is 13.8 Å². The lowest BCUT2D eigenvalue weighted by Crippen LogP contribution is -2.07. The average molecular weight is 348 g/mol. The van der Waals surface area contributed by atoms with Crippen molar-refractivity contribution in [3.63, 3.8) is 0 Å². The van der Waals surface area contributed by atoms with Gasteiger partial charge in [0.1, 0.15) is 0 Å². The number of hydrogen-bond donors (Lipinski definition) is 0. The summed E-state index contributed by atoms with van der Waals surface area (Å²) in [7, 11) is 0. The monoisotopic (exact) mass is 347 g/mol. The summed E-state index contributed by atoms with van der Waals surface area (Å²) in [6.07, 6.45) is 1.59. The van der Waals surface area contributed by atoms with Crippen LogP contribution in [0.1, 0.15) is 22.3 Å². The fourth-order valence-corrected chi connectivity index (χ4v) is 2.50. The van der Waals surface area contributed by atoms with Gasteiger partial charge in [-0.25, -0.2) is 18.6 Å². The number of aliphatic imine (C=N–C) groups is 1. The van der Waals surface area contributed by atoms with E-state index < -0.39 is 17.6 Å². The number of rotatable bonds is 2. The van der Waals surface area contributed by atoms with Crippen molar-refractivity contribution in [3.05, 3.63) is 74.9 Å². The Labute approximate surface area is 142 Å². The van der Waals surface area contributed by atoms with Crippen LogP contribution in [0.4, 0.5) is 8.78 Å². The van der Waals surface area contributed by atoms with E-state index in [4.69, 9.17) is 16.3 Å². The maximum atomic E-state index is 13.4. The van der Waals surface area contributed by atoms with E-state index in [9.17, 15) is 13.6 Å². The second-order valence-corrected chi connectivity index (χ2v) is 5.85. The molecule has 122 valence electrons. The lowest BCUT2D eigenvalue weighted by molar-refractivity contribution is -0.129. The third kappa shape index (κ3) is 3.08. The standard InChI is InChI=1S/C18H12ClF2NO2/c1-9-3-4-10(2)11(5-9)6-16-18(23)24-17(22-16)12-7-14(20)15(21)8-13(12)19/h3-8H,1-2H3. The van der Waals surface area contributed by atoms with Gasteiger partial charge in [-0.3, -0.25) is 0 Å². The number of cyclic esters (lactones) is 1. The molecule has 1 aliphatic heterocycles. The number of ether oxygens (including phenoxy) is 1. The first kappa shape index (κ1) is 16.3. The molecule has 0 amide bonds. The second-order valence-electron chi connectivity index (χ2n) is 5.44. The van der Waals surface area contributed by atoms with E-state index in [1.165, 1.54) is 0 Å². The first-order chi connectivity index (χ1) is 11.3. The Balaban J connectivity index is 2.04. The van der Waals surface area contributed by atoms with E-state index >= 15 is 0 Å². The van der Waals surface area contributed by atoms with Crippen molar-refractivity contribution in [1.82, 2.24) is 0 Å². The molecule has 24 heavy (non-hydrogen) atoms. The van der Waals surface area contributed by atoms with Crippen molar-refractivity contribution in [2.24, 2.45) is 4.99 Å². The molecule has 1 aliphatic rings. The van der Waals surface area contributed by atoms with Gasteiger partial charge in [0.2, 0.25) is 5.90 Å². The number of carbonyl (C=O) groups excluding carboxylic acids is 1. The van der Waals surface area contributed by atoms with E-state index in [1.807, 2.05) is 32.0 Å². The third-order valence-corrected chi connectivity index (χ3v) is 3.90. The first-order valence-electron chi connectivity index (χ1n) is 7.10. The van der Waals surface area contributed by atoms with Crippen LogP contribution in [0.3, 0.4) is 0 Å². The SMILES string of the molecule is Cc1ccc(C)c(C=C2N=C(c3cc(F)c(F)cc3Cl)OC2=O)c1. The number of halogens is 3.